The highest BCUT2D eigenvalue weighted by Gasteiger charge is 2.17. The van der Waals surface area contributed by atoms with E-state index in [0.717, 1.165) is 31.6 Å². The molecule has 0 bridgehead atoms. The predicted molar refractivity (Wildman–Crippen MR) is 84.2 cm³/mol. The van der Waals surface area contributed by atoms with Gasteiger partial charge < -0.3 is 15.4 Å². The van der Waals surface area contributed by atoms with E-state index in [4.69, 9.17) is 4.74 Å². The Morgan fingerprint density at radius 1 is 1.33 bits per heavy atom. The molecule has 1 rings (SSSR count). The molecule has 0 fully saturated rings. The van der Waals surface area contributed by atoms with Crippen LogP contribution < -0.4 is 15.4 Å². The molecule has 1 heterocycles. The van der Waals surface area contributed by atoms with Gasteiger partial charge in [0.1, 0.15) is 5.75 Å². The standard InChI is InChI=1S/C16H27N3O2/c1-5-9-17-10-13-7-8-14(11-18-13)21-12-15(20)19-16(3,4)6-2/h7-8,11,17H,5-6,9-10,12H2,1-4H3,(H,19,20). The SMILES string of the molecule is CCCNCc1ccc(OCC(=O)NC(C)(C)CC)cn1. The van der Waals surface area contributed by atoms with Crippen LogP contribution in [-0.2, 0) is 11.3 Å². The monoisotopic (exact) mass is 293 g/mol. The van der Waals surface area contributed by atoms with Gasteiger partial charge in [-0.15, -0.1) is 0 Å². The van der Waals surface area contributed by atoms with E-state index < -0.39 is 0 Å². The van der Waals surface area contributed by atoms with Crippen LogP contribution in [0.2, 0.25) is 0 Å². The van der Waals surface area contributed by atoms with Crippen molar-refractivity contribution in [2.24, 2.45) is 0 Å². The van der Waals surface area contributed by atoms with Crippen molar-refractivity contribution in [2.75, 3.05) is 13.2 Å². The maximum Gasteiger partial charge on any atom is 0.258 e. The van der Waals surface area contributed by atoms with Crippen LogP contribution >= 0.6 is 0 Å². The molecule has 118 valence electrons. The molecule has 0 aliphatic heterocycles. The number of rotatable bonds is 9. The van der Waals surface area contributed by atoms with Crippen LogP contribution in [0.1, 0.15) is 46.2 Å². The Labute approximate surface area is 127 Å². The van der Waals surface area contributed by atoms with Crippen molar-refractivity contribution < 1.29 is 9.53 Å². The summed E-state index contributed by atoms with van der Waals surface area (Å²) in [4.78, 5) is 16.1. The van der Waals surface area contributed by atoms with E-state index in [-0.39, 0.29) is 18.1 Å². The summed E-state index contributed by atoms with van der Waals surface area (Å²) < 4.78 is 5.44. The molecule has 0 atom stereocenters. The van der Waals surface area contributed by atoms with Crippen LogP contribution in [0, 0.1) is 0 Å². The first-order valence-electron chi connectivity index (χ1n) is 7.56. The second-order valence-corrected chi connectivity index (χ2v) is 5.74. The van der Waals surface area contributed by atoms with E-state index in [2.05, 4.69) is 22.5 Å². The number of hydrogen-bond acceptors (Lipinski definition) is 4. The molecule has 0 unspecified atom stereocenters. The normalized spacial score (nSPS) is 11.2. The van der Waals surface area contributed by atoms with E-state index in [1.165, 1.54) is 0 Å². The summed E-state index contributed by atoms with van der Waals surface area (Å²) in [5.41, 5.74) is 0.764. The van der Waals surface area contributed by atoms with Crippen molar-refractivity contribution in [1.82, 2.24) is 15.6 Å². The van der Waals surface area contributed by atoms with E-state index >= 15 is 0 Å². The molecule has 1 aromatic heterocycles. The first kappa shape index (κ1) is 17.4. The largest absolute Gasteiger partial charge is 0.482 e. The van der Waals surface area contributed by atoms with E-state index in [9.17, 15) is 4.79 Å². The van der Waals surface area contributed by atoms with Crippen LogP contribution in [0.25, 0.3) is 0 Å². The number of ether oxygens (including phenoxy) is 1. The molecule has 0 aromatic carbocycles. The summed E-state index contributed by atoms with van der Waals surface area (Å²) in [6.07, 6.45) is 3.63. The molecule has 5 heteroatoms. The number of carbonyl (C=O) groups excluding carboxylic acids is 1. The maximum absolute atomic E-state index is 11.8. The zero-order chi connectivity index (χ0) is 15.7. The van der Waals surface area contributed by atoms with Crippen molar-refractivity contribution in [3.8, 4) is 5.75 Å². The molecule has 0 saturated carbocycles. The third-order valence-electron chi connectivity index (χ3n) is 3.26. The zero-order valence-electron chi connectivity index (χ0n) is 13.5. The fraction of sp³-hybridized carbons (Fsp3) is 0.625. The third kappa shape index (κ3) is 7.09. The Balaban J connectivity index is 2.37. The van der Waals surface area contributed by atoms with Gasteiger partial charge in [-0.1, -0.05) is 13.8 Å². The van der Waals surface area contributed by atoms with Gasteiger partial charge in [-0.05, 0) is 45.4 Å². The summed E-state index contributed by atoms with van der Waals surface area (Å²) in [6.45, 7) is 9.89. The molecule has 0 saturated heterocycles. The van der Waals surface area contributed by atoms with Gasteiger partial charge in [0.2, 0.25) is 0 Å². The second-order valence-electron chi connectivity index (χ2n) is 5.74. The van der Waals surface area contributed by atoms with E-state index in [0.29, 0.717) is 5.75 Å². The molecule has 0 aliphatic rings. The molecule has 0 radical (unpaired) electrons. The Kier molecular flexibility index (Phi) is 7.15. The number of carbonyl (C=O) groups is 1. The molecule has 5 nitrogen and oxygen atoms in total. The second kappa shape index (κ2) is 8.62. The minimum absolute atomic E-state index is 0.0124. The first-order chi connectivity index (χ1) is 9.96. The lowest BCUT2D eigenvalue weighted by atomic mass is 10.0. The van der Waals surface area contributed by atoms with Gasteiger partial charge >= 0.3 is 0 Å². The van der Waals surface area contributed by atoms with Gasteiger partial charge in [-0.2, -0.15) is 0 Å². The third-order valence-corrected chi connectivity index (χ3v) is 3.26. The van der Waals surface area contributed by atoms with Crippen molar-refractivity contribution >= 4 is 5.91 Å². The number of nitrogens with one attached hydrogen (secondary N) is 2. The highest BCUT2D eigenvalue weighted by Crippen LogP contribution is 2.10. The highest BCUT2D eigenvalue weighted by molar-refractivity contribution is 5.78. The quantitative estimate of drug-likeness (QED) is 0.686. The fourth-order valence-corrected chi connectivity index (χ4v) is 1.64. The molecule has 1 amide bonds. The molecular weight excluding hydrogens is 266 g/mol. The maximum atomic E-state index is 11.8. The lowest BCUT2D eigenvalue weighted by Gasteiger charge is -2.24. The average Bonchev–Trinajstić information content (AvgIpc) is 2.46. The Morgan fingerprint density at radius 3 is 2.67 bits per heavy atom. The fourth-order valence-electron chi connectivity index (χ4n) is 1.64. The number of aromatic nitrogens is 1. The first-order valence-corrected chi connectivity index (χ1v) is 7.56. The number of pyridine rings is 1. The molecule has 1 aromatic rings. The summed E-state index contributed by atoms with van der Waals surface area (Å²) in [5, 5.41) is 6.21. The summed E-state index contributed by atoms with van der Waals surface area (Å²) in [6, 6.07) is 3.75. The van der Waals surface area contributed by atoms with Crippen LogP contribution in [0.4, 0.5) is 0 Å². The van der Waals surface area contributed by atoms with E-state index in [1.807, 2.05) is 32.9 Å². The Bertz CT molecular complexity index is 430. The van der Waals surface area contributed by atoms with Crippen LogP contribution in [-0.4, -0.2) is 29.6 Å². The molecular formula is C16H27N3O2. The average molecular weight is 293 g/mol. The summed E-state index contributed by atoms with van der Waals surface area (Å²) in [7, 11) is 0. The molecule has 21 heavy (non-hydrogen) atoms. The van der Waals surface area contributed by atoms with Gasteiger partial charge in [-0.3, -0.25) is 9.78 Å². The van der Waals surface area contributed by atoms with Gasteiger partial charge in [0.05, 0.1) is 11.9 Å². The van der Waals surface area contributed by atoms with Gasteiger partial charge in [0.25, 0.3) is 5.91 Å². The van der Waals surface area contributed by atoms with Crippen LogP contribution in [0.3, 0.4) is 0 Å². The van der Waals surface area contributed by atoms with Gasteiger partial charge in [-0.25, -0.2) is 0 Å². The molecule has 0 aliphatic carbocycles. The molecule has 0 spiro atoms. The Morgan fingerprint density at radius 2 is 2.10 bits per heavy atom. The lowest BCUT2D eigenvalue weighted by Crippen LogP contribution is -2.44. The minimum Gasteiger partial charge on any atom is -0.482 e. The van der Waals surface area contributed by atoms with Crippen molar-refractivity contribution in [3.05, 3.63) is 24.0 Å². The van der Waals surface area contributed by atoms with Crippen molar-refractivity contribution in [3.63, 3.8) is 0 Å². The topological polar surface area (TPSA) is 63.2 Å². The van der Waals surface area contributed by atoms with Crippen molar-refractivity contribution in [1.29, 1.82) is 0 Å². The summed E-state index contributed by atoms with van der Waals surface area (Å²) in [5.74, 6) is 0.495. The highest BCUT2D eigenvalue weighted by atomic mass is 16.5. The van der Waals surface area contributed by atoms with Gasteiger partial charge in [0, 0.05) is 12.1 Å². The summed E-state index contributed by atoms with van der Waals surface area (Å²) >= 11 is 0. The van der Waals surface area contributed by atoms with E-state index in [1.54, 1.807) is 6.20 Å². The Hall–Kier alpha value is -1.62. The lowest BCUT2D eigenvalue weighted by molar-refractivity contribution is -0.124. The smallest absolute Gasteiger partial charge is 0.258 e. The van der Waals surface area contributed by atoms with Crippen LogP contribution in [0.5, 0.6) is 5.75 Å². The molecule has 2 N–H and O–H groups in total. The zero-order valence-corrected chi connectivity index (χ0v) is 13.5. The number of hydrogen-bond donors (Lipinski definition) is 2. The van der Waals surface area contributed by atoms with Crippen LogP contribution in [0.15, 0.2) is 18.3 Å². The number of amides is 1. The predicted octanol–water partition coefficient (Wildman–Crippen LogP) is 2.26. The minimum atomic E-state index is -0.201. The number of nitrogens with zero attached hydrogens (tertiary/aromatic N) is 1. The van der Waals surface area contributed by atoms with Gasteiger partial charge in [0.15, 0.2) is 6.61 Å². The van der Waals surface area contributed by atoms with Crippen molar-refractivity contribution in [2.45, 2.75) is 52.6 Å².